The number of rotatable bonds is 12. The van der Waals surface area contributed by atoms with Crippen LogP contribution in [0.4, 0.5) is 0 Å². The number of para-hydroxylation sites is 2. The fraction of sp³-hybridized carbons (Fsp3) is 0.333. The second-order valence-corrected chi connectivity index (χ2v) is 7.06. The third-order valence-electron chi connectivity index (χ3n) is 4.84. The number of allylic oxidation sites excluding steroid dienone is 1. The molecular formula is C24H29N3O4. The monoisotopic (exact) mass is 423 g/mol. The van der Waals surface area contributed by atoms with Crippen LogP contribution < -0.4 is 14.8 Å². The summed E-state index contributed by atoms with van der Waals surface area (Å²) in [5.41, 5.74) is 3.06. The predicted molar refractivity (Wildman–Crippen MR) is 120 cm³/mol. The Morgan fingerprint density at radius 2 is 2.03 bits per heavy atom. The van der Waals surface area contributed by atoms with E-state index in [1.165, 1.54) is 7.11 Å². The normalized spacial score (nSPS) is 10.8. The van der Waals surface area contributed by atoms with E-state index in [0.717, 1.165) is 41.0 Å². The van der Waals surface area contributed by atoms with Crippen molar-refractivity contribution in [3.8, 4) is 11.5 Å². The third-order valence-corrected chi connectivity index (χ3v) is 4.84. The lowest BCUT2D eigenvalue weighted by Gasteiger charge is -2.13. The largest absolute Gasteiger partial charge is 0.493 e. The molecule has 1 aromatic heterocycles. The molecule has 0 spiro atoms. The Kier molecular flexibility index (Phi) is 8.06. The van der Waals surface area contributed by atoms with E-state index in [-0.39, 0.29) is 12.5 Å². The molecule has 0 bridgehead atoms. The highest BCUT2D eigenvalue weighted by Gasteiger charge is 2.12. The van der Waals surface area contributed by atoms with Crippen LogP contribution in [0.25, 0.3) is 11.0 Å². The van der Waals surface area contributed by atoms with Crippen LogP contribution in [0.3, 0.4) is 0 Å². The minimum absolute atomic E-state index is 0.0293. The summed E-state index contributed by atoms with van der Waals surface area (Å²) in [6.07, 6.45) is 3.42. The van der Waals surface area contributed by atoms with Gasteiger partial charge in [-0.05, 0) is 42.7 Å². The van der Waals surface area contributed by atoms with Crippen LogP contribution in [0.5, 0.6) is 11.5 Å². The first-order chi connectivity index (χ1) is 15.2. The molecule has 1 N–H and O–H groups in total. The van der Waals surface area contributed by atoms with Gasteiger partial charge in [0.05, 0.1) is 31.3 Å². The lowest BCUT2D eigenvalue weighted by Crippen LogP contribution is -2.28. The molecule has 0 saturated carbocycles. The van der Waals surface area contributed by atoms with Gasteiger partial charge in [0.1, 0.15) is 12.4 Å². The van der Waals surface area contributed by atoms with Crippen molar-refractivity contribution < 1.29 is 19.0 Å². The summed E-state index contributed by atoms with van der Waals surface area (Å²) in [5.74, 6) is 2.07. The van der Waals surface area contributed by atoms with Gasteiger partial charge in [0, 0.05) is 13.7 Å². The van der Waals surface area contributed by atoms with Gasteiger partial charge in [0.25, 0.3) is 0 Å². The number of methoxy groups -OCH3 is 2. The Labute approximate surface area is 182 Å². The number of benzene rings is 2. The van der Waals surface area contributed by atoms with Crippen LogP contribution in [0.1, 0.15) is 17.8 Å². The summed E-state index contributed by atoms with van der Waals surface area (Å²) >= 11 is 0. The Bertz CT molecular complexity index is 1030. The minimum Gasteiger partial charge on any atom is -0.493 e. The maximum atomic E-state index is 11.8. The van der Waals surface area contributed by atoms with Crippen LogP contribution in [0, 0.1) is 0 Å². The molecular weight excluding hydrogens is 394 g/mol. The molecule has 0 saturated heterocycles. The SMILES string of the molecule is C=CCc1ccc(OCCCn2c(CNC(=O)COC)nc3ccccc32)c(OC)c1. The molecule has 7 nitrogen and oxygen atoms in total. The van der Waals surface area contributed by atoms with Crippen molar-refractivity contribution >= 4 is 16.9 Å². The summed E-state index contributed by atoms with van der Waals surface area (Å²) in [6.45, 7) is 5.39. The van der Waals surface area contributed by atoms with E-state index in [1.54, 1.807) is 7.11 Å². The van der Waals surface area contributed by atoms with Crippen molar-refractivity contribution in [3.63, 3.8) is 0 Å². The number of fused-ring (bicyclic) bond motifs is 1. The number of imidazole rings is 1. The number of hydrogen-bond donors (Lipinski definition) is 1. The zero-order valence-electron chi connectivity index (χ0n) is 18.1. The number of amides is 1. The van der Waals surface area contributed by atoms with E-state index in [4.69, 9.17) is 14.2 Å². The summed E-state index contributed by atoms with van der Waals surface area (Å²) in [4.78, 5) is 16.4. The number of nitrogens with zero attached hydrogens (tertiary/aromatic N) is 2. The Morgan fingerprint density at radius 3 is 2.81 bits per heavy atom. The van der Waals surface area contributed by atoms with E-state index in [9.17, 15) is 4.79 Å². The topological polar surface area (TPSA) is 74.6 Å². The van der Waals surface area contributed by atoms with E-state index < -0.39 is 0 Å². The quantitative estimate of drug-likeness (QED) is 0.356. The average Bonchev–Trinajstić information content (AvgIpc) is 3.14. The molecule has 3 rings (SSSR count). The van der Waals surface area contributed by atoms with E-state index in [2.05, 4.69) is 21.4 Å². The lowest BCUT2D eigenvalue weighted by molar-refractivity contribution is -0.124. The second-order valence-electron chi connectivity index (χ2n) is 7.06. The molecule has 1 heterocycles. The van der Waals surface area contributed by atoms with E-state index in [1.807, 2.05) is 48.5 Å². The highest BCUT2D eigenvalue weighted by molar-refractivity contribution is 5.78. The number of aryl methyl sites for hydroxylation is 1. The lowest BCUT2D eigenvalue weighted by atomic mass is 10.1. The van der Waals surface area contributed by atoms with Gasteiger partial charge in [-0.1, -0.05) is 24.3 Å². The minimum atomic E-state index is -0.170. The van der Waals surface area contributed by atoms with Gasteiger partial charge in [0.15, 0.2) is 11.5 Å². The van der Waals surface area contributed by atoms with Crippen molar-refractivity contribution in [1.82, 2.24) is 14.9 Å². The molecule has 1 amide bonds. The van der Waals surface area contributed by atoms with Crippen LogP contribution >= 0.6 is 0 Å². The van der Waals surface area contributed by atoms with Crippen molar-refractivity contribution in [3.05, 3.63) is 66.5 Å². The van der Waals surface area contributed by atoms with Crippen molar-refractivity contribution in [2.75, 3.05) is 27.4 Å². The number of carbonyl (C=O) groups is 1. The first kappa shape index (κ1) is 22.4. The number of aromatic nitrogens is 2. The van der Waals surface area contributed by atoms with Crippen LogP contribution in [-0.4, -0.2) is 42.9 Å². The van der Waals surface area contributed by atoms with Gasteiger partial charge in [0.2, 0.25) is 5.91 Å². The van der Waals surface area contributed by atoms with Crippen molar-refractivity contribution in [2.45, 2.75) is 25.9 Å². The smallest absolute Gasteiger partial charge is 0.246 e. The van der Waals surface area contributed by atoms with Gasteiger partial charge in [-0.15, -0.1) is 6.58 Å². The number of ether oxygens (including phenoxy) is 3. The molecule has 0 aliphatic carbocycles. The first-order valence-corrected chi connectivity index (χ1v) is 10.3. The van der Waals surface area contributed by atoms with E-state index in [0.29, 0.717) is 25.4 Å². The Hall–Kier alpha value is -3.32. The van der Waals surface area contributed by atoms with Gasteiger partial charge in [-0.3, -0.25) is 4.79 Å². The summed E-state index contributed by atoms with van der Waals surface area (Å²) in [5, 5.41) is 2.85. The number of nitrogens with one attached hydrogen (secondary N) is 1. The molecule has 0 atom stereocenters. The van der Waals surface area contributed by atoms with Gasteiger partial charge >= 0.3 is 0 Å². The van der Waals surface area contributed by atoms with Crippen LogP contribution in [-0.2, 0) is 29.0 Å². The molecule has 0 aliphatic heterocycles. The van der Waals surface area contributed by atoms with Crippen molar-refractivity contribution in [1.29, 1.82) is 0 Å². The number of carbonyl (C=O) groups excluding carboxylic acids is 1. The van der Waals surface area contributed by atoms with Gasteiger partial charge < -0.3 is 24.1 Å². The van der Waals surface area contributed by atoms with Crippen LogP contribution in [0.2, 0.25) is 0 Å². The molecule has 7 heteroatoms. The first-order valence-electron chi connectivity index (χ1n) is 10.3. The zero-order valence-corrected chi connectivity index (χ0v) is 18.1. The molecule has 0 unspecified atom stereocenters. The average molecular weight is 424 g/mol. The molecule has 3 aromatic rings. The standard InChI is InChI=1S/C24H29N3O4/c1-4-8-18-11-12-21(22(15-18)30-3)31-14-7-13-27-20-10-6-5-9-19(20)26-23(27)16-25-24(28)17-29-2/h4-6,9-12,15H,1,7-8,13-14,16-17H2,2-3H3,(H,25,28). The molecule has 0 aliphatic rings. The maximum absolute atomic E-state index is 11.8. The fourth-order valence-electron chi connectivity index (χ4n) is 3.40. The molecule has 0 fully saturated rings. The maximum Gasteiger partial charge on any atom is 0.246 e. The molecule has 2 aromatic carbocycles. The zero-order chi connectivity index (χ0) is 22.1. The summed E-state index contributed by atoms with van der Waals surface area (Å²) in [7, 11) is 3.14. The van der Waals surface area contributed by atoms with E-state index >= 15 is 0 Å². The molecule has 0 radical (unpaired) electrons. The highest BCUT2D eigenvalue weighted by Crippen LogP contribution is 2.28. The Morgan fingerprint density at radius 1 is 1.19 bits per heavy atom. The fourth-order valence-corrected chi connectivity index (χ4v) is 3.40. The summed E-state index contributed by atoms with van der Waals surface area (Å²) < 4.78 is 18.4. The third kappa shape index (κ3) is 5.86. The van der Waals surface area contributed by atoms with Crippen LogP contribution in [0.15, 0.2) is 55.1 Å². The van der Waals surface area contributed by atoms with Gasteiger partial charge in [-0.2, -0.15) is 0 Å². The summed E-state index contributed by atoms with van der Waals surface area (Å²) in [6, 6.07) is 13.9. The number of hydrogen-bond acceptors (Lipinski definition) is 5. The predicted octanol–water partition coefficient (Wildman–Crippen LogP) is 3.51. The molecule has 164 valence electrons. The Balaban J connectivity index is 1.64. The van der Waals surface area contributed by atoms with Gasteiger partial charge in [-0.25, -0.2) is 4.98 Å². The molecule has 31 heavy (non-hydrogen) atoms. The second kappa shape index (κ2) is 11.2. The highest BCUT2D eigenvalue weighted by atomic mass is 16.5. The van der Waals surface area contributed by atoms with Crippen molar-refractivity contribution in [2.24, 2.45) is 0 Å².